The topological polar surface area (TPSA) is 51.7 Å². The second-order valence-electron chi connectivity index (χ2n) is 7.64. The Morgan fingerprint density at radius 3 is 2.27 bits per heavy atom. The molecule has 3 rings (SSSR count). The summed E-state index contributed by atoms with van der Waals surface area (Å²) in [5.41, 5.74) is 4.37. The van der Waals surface area contributed by atoms with E-state index in [0.717, 1.165) is 51.3 Å². The van der Waals surface area contributed by atoms with Gasteiger partial charge in [-0.2, -0.15) is 0 Å². The Morgan fingerprint density at radius 1 is 1.03 bits per heavy atom. The van der Waals surface area contributed by atoms with Crippen molar-refractivity contribution in [2.24, 2.45) is 0 Å². The molecule has 6 nitrogen and oxygen atoms in total. The molecule has 1 fully saturated rings. The molecular formula is C23H34ClN5O. The first-order valence-electron chi connectivity index (χ1n) is 10.6. The molecule has 7 heteroatoms. The molecular weight excluding hydrogens is 398 g/mol. The number of carbonyl (C=O) groups is 1. The number of para-hydroxylation sites is 1. The third-order valence-electron chi connectivity index (χ3n) is 5.43. The number of carbonyl (C=O) groups excluding carboxylic acids is 1. The molecule has 1 aliphatic heterocycles. The Hall–Kier alpha value is -2.47. The second kappa shape index (κ2) is 11.1. The Bertz CT molecular complexity index is 834. The number of piperazine rings is 1. The smallest absolute Gasteiger partial charge is 0.259 e. The Kier molecular flexibility index (Phi) is 8.78. The van der Waals surface area contributed by atoms with Gasteiger partial charge >= 0.3 is 0 Å². The van der Waals surface area contributed by atoms with Crippen molar-refractivity contribution in [1.29, 1.82) is 0 Å². The van der Waals surface area contributed by atoms with Gasteiger partial charge < -0.3 is 20.0 Å². The fraction of sp³-hybridized carbons (Fsp3) is 0.478. The molecule has 1 amide bonds. The zero-order chi connectivity index (χ0) is 20.8. The average Bonchev–Trinajstić information content (AvgIpc) is 2.76. The molecule has 30 heavy (non-hydrogen) atoms. The first-order valence-corrected chi connectivity index (χ1v) is 10.6. The molecule has 2 aromatic rings. The lowest BCUT2D eigenvalue weighted by molar-refractivity contribution is 0.0828. The lowest BCUT2D eigenvalue weighted by atomic mass is 10.1. The normalized spacial score (nSPS) is 13.6. The van der Waals surface area contributed by atoms with Crippen LogP contribution in [0.1, 0.15) is 36.2 Å². The summed E-state index contributed by atoms with van der Waals surface area (Å²) in [6.07, 6.45) is 3.82. The van der Waals surface area contributed by atoms with Gasteiger partial charge in [-0.05, 0) is 30.5 Å². The van der Waals surface area contributed by atoms with Crippen LogP contribution in [0.15, 0.2) is 36.5 Å². The highest BCUT2D eigenvalue weighted by molar-refractivity contribution is 6.04. The molecule has 0 aliphatic carbocycles. The Labute approximate surface area is 186 Å². The van der Waals surface area contributed by atoms with Gasteiger partial charge in [-0.1, -0.05) is 32.0 Å². The van der Waals surface area contributed by atoms with E-state index in [1.807, 2.05) is 6.07 Å². The zero-order valence-corrected chi connectivity index (χ0v) is 19.3. The maximum Gasteiger partial charge on any atom is 0.259 e. The van der Waals surface area contributed by atoms with Crippen LogP contribution in [0, 0.1) is 0 Å². The van der Waals surface area contributed by atoms with Gasteiger partial charge in [0.2, 0.25) is 0 Å². The van der Waals surface area contributed by atoms with Crippen molar-refractivity contribution in [2.45, 2.75) is 26.7 Å². The molecule has 1 aromatic carbocycles. The number of aryl methyl sites for hydroxylation is 1. The number of aromatic nitrogens is 1. The third kappa shape index (κ3) is 5.17. The van der Waals surface area contributed by atoms with Gasteiger partial charge in [0.15, 0.2) is 0 Å². The number of rotatable bonds is 7. The highest BCUT2D eigenvalue weighted by atomic mass is 35.5. The summed E-state index contributed by atoms with van der Waals surface area (Å²) >= 11 is 0. The van der Waals surface area contributed by atoms with Crippen molar-refractivity contribution < 1.29 is 4.79 Å². The van der Waals surface area contributed by atoms with Crippen molar-refractivity contribution in [3.8, 4) is 0 Å². The monoisotopic (exact) mass is 431 g/mol. The van der Waals surface area contributed by atoms with Gasteiger partial charge in [0.1, 0.15) is 11.4 Å². The lowest BCUT2D eigenvalue weighted by Crippen LogP contribution is -2.47. The molecule has 1 aromatic heterocycles. The molecule has 1 saturated heterocycles. The minimum atomic E-state index is -0.00883. The van der Waals surface area contributed by atoms with E-state index in [1.165, 1.54) is 11.3 Å². The molecule has 0 spiro atoms. The van der Waals surface area contributed by atoms with E-state index < -0.39 is 0 Å². The van der Waals surface area contributed by atoms with Gasteiger partial charge in [0.05, 0.1) is 5.69 Å². The highest BCUT2D eigenvalue weighted by Gasteiger charge is 2.26. The predicted molar refractivity (Wildman–Crippen MR) is 129 cm³/mol. The van der Waals surface area contributed by atoms with E-state index in [4.69, 9.17) is 0 Å². The molecule has 164 valence electrons. The first-order chi connectivity index (χ1) is 14.1. The van der Waals surface area contributed by atoms with E-state index >= 15 is 0 Å². The van der Waals surface area contributed by atoms with E-state index in [0.29, 0.717) is 11.4 Å². The van der Waals surface area contributed by atoms with Crippen LogP contribution in [-0.2, 0) is 6.42 Å². The van der Waals surface area contributed by atoms with E-state index in [2.05, 4.69) is 58.2 Å². The number of amides is 1. The van der Waals surface area contributed by atoms with Crippen molar-refractivity contribution in [3.63, 3.8) is 0 Å². The van der Waals surface area contributed by atoms with Crippen molar-refractivity contribution >= 4 is 35.5 Å². The molecule has 0 bridgehead atoms. The fourth-order valence-corrected chi connectivity index (χ4v) is 3.83. The Balaban J connectivity index is 0.00000320. The SMILES string of the molecule is CCCNc1nccc(N2CCN(c3ccccc3CC)CC2)c1C(=O)N(C)C.Cl. The summed E-state index contributed by atoms with van der Waals surface area (Å²) in [7, 11) is 3.59. The van der Waals surface area contributed by atoms with Crippen LogP contribution in [0.25, 0.3) is 0 Å². The lowest BCUT2D eigenvalue weighted by Gasteiger charge is -2.39. The number of pyridine rings is 1. The second-order valence-corrected chi connectivity index (χ2v) is 7.64. The van der Waals surface area contributed by atoms with Crippen molar-refractivity contribution in [2.75, 3.05) is 61.9 Å². The van der Waals surface area contributed by atoms with Crippen LogP contribution in [0.5, 0.6) is 0 Å². The highest BCUT2D eigenvalue weighted by Crippen LogP contribution is 2.29. The number of hydrogen-bond donors (Lipinski definition) is 1. The quantitative estimate of drug-likeness (QED) is 0.720. The van der Waals surface area contributed by atoms with Crippen molar-refractivity contribution in [1.82, 2.24) is 9.88 Å². The van der Waals surface area contributed by atoms with E-state index in [1.54, 1.807) is 25.2 Å². The summed E-state index contributed by atoms with van der Waals surface area (Å²) in [5.74, 6) is 0.673. The average molecular weight is 432 g/mol. The molecule has 1 aliphatic rings. The molecule has 1 N–H and O–H groups in total. The fourth-order valence-electron chi connectivity index (χ4n) is 3.83. The number of halogens is 1. The summed E-state index contributed by atoms with van der Waals surface area (Å²) in [6.45, 7) is 8.74. The zero-order valence-electron chi connectivity index (χ0n) is 18.5. The van der Waals surface area contributed by atoms with Gasteiger partial charge in [0, 0.05) is 58.7 Å². The summed E-state index contributed by atoms with van der Waals surface area (Å²) in [4.78, 5) is 23.8. The molecule has 0 unspecified atom stereocenters. The number of nitrogens with one attached hydrogen (secondary N) is 1. The van der Waals surface area contributed by atoms with Gasteiger partial charge in [-0.15, -0.1) is 12.4 Å². The number of hydrogen-bond acceptors (Lipinski definition) is 5. The maximum absolute atomic E-state index is 13.0. The molecule has 0 atom stereocenters. The van der Waals surface area contributed by atoms with E-state index in [9.17, 15) is 4.79 Å². The number of benzene rings is 1. The molecule has 0 saturated carbocycles. The Morgan fingerprint density at radius 2 is 1.67 bits per heavy atom. The molecule has 0 radical (unpaired) electrons. The maximum atomic E-state index is 13.0. The van der Waals surface area contributed by atoms with E-state index in [-0.39, 0.29) is 18.3 Å². The largest absolute Gasteiger partial charge is 0.369 e. The van der Waals surface area contributed by atoms with Gasteiger partial charge in [0.25, 0.3) is 5.91 Å². The van der Waals surface area contributed by atoms with Gasteiger partial charge in [-0.3, -0.25) is 4.79 Å². The minimum Gasteiger partial charge on any atom is -0.369 e. The minimum absolute atomic E-state index is 0. The standard InChI is InChI=1S/C23H33N5O.ClH/c1-5-12-24-22-21(23(29)26(3)4)20(11-13-25-22)28-16-14-27(15-17-28)19-10-8-7-9-18(19)6-2;/h7-11,13H,5-6,12,14-17H2,1-4H3,(H,24,25);1H. The number of anilines is 3. The van der Waals surface area contributed by atoms with Gasteiger partial charge in [-0.25, -0.2) is 4.98 Å². The molecule has 2 heterocycles. The summed E-state index contributed by atoms with van der Waals surface area (Å²) in [5, 5.41) is 3.33. The summed E-state index contributed by atoms with van der Waals surface area (Å²) < 4.78 is 0. The first kappa shape index (κ1) is 23.8. The van der Waals surface area contributed by atoms with Crippen LogP contribution in [0.4, 0.5) is 17.2 Å². The predicted octanol–water partition coefficient (Wildman–Crippen LogP) is 3.92. The third-order valence-corrected chi connectivity index (χ3v) is 5.43. The number of nitrogens with zero attached hydrogens (tertiary/aromatic N) is 4. The van der Waals surface area contributed by atoms with Crippen LogP contribution >= 0.6 is 12.4 Å². The summed E-state index contributed by atoms with van der Waals surface area (Å²) in [6, 6.07) is 10.6. The van der Waals surface area contributed by atoms with Crippen LogP contribution in [-0.4, -0.2) is 62.6 Å². The van der Waals surface area contributed by atoms with Crippen LogP contribution in [0.2, 0.25) is 0 Å². The van der Waals surface area contributed by atoms with Crippen molar-refractivity contribution in [3.05, 3.63) is 47.7 Å². The van der Waals surface area contributed by atoms with Crippen LogP contribution < -0.4 is 15.1 Å². The van der Waals surface area contributed by atoms with Crippen LogP contribution in [0.3, 0.4) is 0 Å².